The highest BCUT2D eigenvalue weighted by atomic mass is 79.9. The number of nitrogens with one attached hydrogen (secondary N) is 1. The molecule has 1 aliphatic heterocycles. The van der Waals surface area contributed by atoms with Crippen LogP contribution in [0.5, 0.6) is 5.75 Å². The summed E-state index contributed by atoms with van der Waals surface area (Å²) in [5.74, 6) is 0.553. The normalized spacial score (nSPS) is 18.7. The Labute approximate surface area is 115 Å². The zero-order valence-corrected chi connectivity index (χ0v) is 11.8. The number of hydrogen-bond acceptors (Lipinski definition) is 3. The van der Waals surface area contributed by atoms with Crippen molar-refractivity contribution in [2.75, 3.05) is 20.3 Å². The maximum Gasteiger partial charge on any atom is 0.252 e. The molecule has 0 unspecified atom stereocenters. The molecule has 1 fully saturated rings. The largest absolute Gasteiger partial charge is 0.497 e. The van der Waals surface area contributed by atoms with E-state index in [0.29, 0.717) is 17.9 Å². The summed E-state index contributed by atoms with van der Waals surface area (Å²) in [6.45, 7) is 1.35. The van der Waals surface area contributed by atoms with Gasteiger partial charge in [-0.25, -0.2) is 0 Å². The summed E-state index contributed by atoms with van der Waals surface area (Å²) in [5, 5.41) is 2.88. The lowest BCUT2D eigenvalue weighted by atomic mass is 10.2. The Kier molecular flexibility index (Phi) is 4.60. The summed E-state index contributed by atoms with van der Waals surface area (Å²) in [6.07, 6.45) is 2.24. The third kappa shape index (κ3) is 3.23. The van der Waals surface area contributed by atoms with Crippen molar-refractivity contribution in [1.82, 2.24) is 5.32 Å². The molecule has 0 aromatic heterocycles. The van der Waals surface area contributed by atoms with Crippen molar-refractivity contribution in [2.45, 2.75) is 18.9 Å². The van der Waals surface area contributed by atoms with Gasteiger partial charge in [0.1, 0.15) is 5.75 Å². The molecule has 1 N–H and O–H groups in total. The number of halogens is 1. The summed E-state index contributed by atoms with van der Waals surface area (Å²) in [4.78, 5) is 12.0. The monoisotopic (exact) mass is 313 g/mol. The molecular weight excluding hydrogens is 298 g/mol. The number of amides is 1. The Balaban J connectivity index is 1.98. The van der Waals surface area contributed by atoms with E-state index < -0.39 is 0 Å². The predicted octanol–water partition coefficient (Wildman–Crippen LogP) is 2.37. The van der Waals surface area contributed by atoms with Crippen molar-refractivity contribution in [3.05, 3.63) is 28.2 Å². The molecule has 0 aliphatic carbocycles. The second kappa shape index (κ2) is 6.20. The van der Waals surface area contributed by atoms with Gasteiger partial charge in [-0.2, -0.15) is 0 Å². The summed E-state index contributed by atoms with van der Waals surface area (Å²) in [6, 6.07) is 5.33. The van der Waals surface area contributed by atoms with E-state index in [9.17, 15) is 4.79 Å². The standard InChI is InChI=1S/C13H16BrNO3/c1-17-9-4-5-12(14)11(7-9)13(16)15-8-10-3-2-6-18-10/h4-5,7,10H,2-3,6,8H2,1H3,(H,15,16)/t10-/m0/s1. The molecule has 1 heterocycles. The third-order valence-corrected chi connectivity index (χ3v) is 3.62. The first-order valence-corrected chi connectivity index (χ1v) is 6.73. The van der Waals surface area contributed by atoms with Crippen LogP contribution in [0.4, 0.5) is 0 Å². The van der Waals surface area contributed by atoms with Crippen molar-refractivity contribution in [3.8, 4) is 5.75 Å². The molecule has 1 aromatic carbocycles. The van der Waals surface area contributed by atoms with E-state index in [2.05, 4.69) is 21.2 Å². The summed E-state index contributed by atoms with van der Waals surface area (Å²) >= 11 is 3.37. The molecule has 0 bridgehead atoms. The Morgan fingerprint density at radius 3 is 3.11 bits per heavy atom. The Morgan fingerprint density at radius 1 is 1.61 bits per heavy atom. The van der Waals surface area contributed by atoms with Crippen LogP contribution >= 0.6 is 15.9 Å². The Bertz CT molecular complexity index is 430. The number of carbonyl (C=O) groups excluding carboxylic acids is 1. The van der Waals surface area contributed by atoms with Crippen LogP contribution < -0.4 is 10.1 Å². The van der Waals surface area contributed by atoms with Gasteiger partial charge in [0.25, 0.3) is 5.91 Å². The lowest BCUT2D eigenvalue weighted by Gasteiger charge is -2.12. The Hall–Kier alpha value is -1.07. The summed E-state index contributed by atoms with van der Waals surface area (Å²) in [5.41, 5.74) is 0.576. The van der Waals surface area contributed by atoms with E-state index in [1.54, 1.807) is 25.3 Å². The maximum absolute atomic E-state index is 12.0. The van der Waals surface area contributed by atoms with E-state index in [1.165, 1.54) is 0 Å². The van der Waals surface area contributed by atoms with Gasteiger partial charge < -0.3 is 14.8 Å². The van der Waals surface area contributed by atoms with Crippen molar-refractivity contribution < 1.29 is 14.3 Å². The zero-order chi connectivity index (χ0) is 13.0. The summed E-state index contributed by atoms with van der Waals surface area (Å²) < 4.78 is 11.3. The lowest BCUT2D eigenvalue weighted by Crippen LogP contribution is -2.31. The number of hydrogen-bond donors (Lipinski definition) is 1. The molecule has 0 saturated carbocycles. The first kappa shape index (κ1) is 13.4. The van der Waals surface area contributed by atoms with Gasteiger partial charge in [0.2, 0.25) is 0 Å². The smallest absolute Gasteiger partial charge is 0.252 e. The van der Waals surface area contributed by atoms with Gasteiger partial charge in [-0.15, -0.1) is 0 Å². The molecule has 0 radical (unpaired) electrons. The van der Waals surface area contributed by atoms with E-state index >= 15 is 0 Å². The molecule has 4 nitrogen and oxygen atoms in total. The quantitative estimate of drug-likeness (QED) is 0.928. The SMILES string of the molecule is COc1ccc(Br)c(C(=O)NC[C@@H]2CCCO2)c1. The maximum atomic E-state index is 12.0. The van der Waals surface area contributed by atoms with Crippen LogP contribution in [0.2, 0.25) is 0 Å². The van der Waals surface area contributed by atoms with E-state index in [0.717, 1.165) is 23.9 Å². The fourth-order valence-corrected chi connectivity index (χ4v) is 2.34. The topological polar surface area (TPSA) is 47.6 Å². The van der Waals surface area contributed by atoms with Gasteiger partial charge >= 0.3 is 0 Å². The molecule has 1 saturated heterocycles. The highest BCUT2D eigenvalue weighted by molar-refractivity contribution is 9.10. The molecule has 5 heteroatoms. The molecule has 0 spiro atoms. The lowest BCUT2D eigenvalue weighted by molar-refractivity contribution is 0.0857. The number of rotatable bonds is 4. The van der Waals surface area contributed by atoms with Crippen molar-refractivity contribution in [2.24, 2.45) is 0 Å². The van der Waals surface area contributed by atoms with E-state index in [4.69, 9.17) is 9.47 Å². The molecular formula is C13H16BrNO3. The highest BCUT2D eigenvalue weighted by Crippen LogP contribution is 2.22. The number of ether oxygens (including phenoxy) is 2. The van der Waals surface area contributed by atoms with Gasteiger partial charge in [0.05, 0.1) is 18.8 Å². The molecule has 1 amide bonds. The van der Waals surface area contributed by atoms with E-state index in [1.807, 2.05) is 0 Å². The van der Waals surface area contributed by atoms with Crippen LogP contribution in [0.3, 0.4) is 0 Å². The minimum absolute atomic E-state index is 0.115. The second-order valence-corrected chi connectivity index (χ2v) is 5.05. The van der Waals surface area contributed by atoms with Gasteiger partial charge in [0, 0.05) is 17.6 Å². The zero-order valence-electron chi connectivity index (χ0n) is 10.2. The van der Waals surface area contributed by atoms with Gasteiger partial charge in [-0.1, -0.05) is 0 Å². The number of carbonyl (C=O) groups is 1. The van der Waals surface area contributed by atoms with Gasteiger partial charge in [-0.05, 0) is 47.0 Å². The van der Waals surface area contributed by atoms with Crippen molar-refractivity contribution in [3.63, 3.8) is 0 Å². The van der Waals surface area contributed by atoms with Gasteiger partial charge in [-0.3, -0.25) is 4.79 Å². The molecule has 1 aliphatic rings. The minimum atomic E-state index is -0.115. The average Bonchev–Trinajstić information content (AvgIpc) is 2.89. The van der Waals surface area contributed by atoms with Crippen LogP contribution in [-0.4, -0.2) is 32.3 Å². The van der Waals surface area contributed by atoms with Crippen LogP contribution in [0.15, 0.2) is 22.7 Å². The molecule has 1 atom stereocenters. The number of benzene rings is 1. The molecule has 2 rings (SSSR count). The second-order valence-electron chi connectivity index (χ2n) is 4.19. The minimum Gasteiger partial charge on any atom is -0.497 e. The average molecular weight is 314 g/mol. The van der Waals surface area contributed by atoms with E-state index in [-0.39, 0.29) is 12.0 Å². The summed E-state index contributed by atoms with van der Waals surface area (Å²) in [7, 11) is 1.58. The first-order valence-electron chi connectivity index (χ1n) is 5.94. The van der Waals surface area contributed by atoms with Crippen LogP contribution in [0, 0.1) is 0 Å². The van der Waals surface area contributed by atoms with Crippen molar-refractivity contribution >= 4 is 21.8 Å². The van der Waals surface area contributed by atoms with Crippen molar-refractivity contribution in [1.29, 1.82) is 0 Å². The van der Waals surface area contributed by atoms with Crippen LogP contribution in [-0.2, 0) is 4.74 Å². The van der Waals surface area contributed by atoms with Crippen LogP contribution in [0.25, 0.3) is 0 Å². The fraction of sp³-hybridized carbons (Fsp3) is 0.462. The fourth-order valence-electron chi connectivity index (χ4n) is 1.91. The predicted molar refractivity (Wildman–Crippen MR) is 72.0 cm³/mol. The molecule has 1 aromatic rings. The number of methoxy groups -OCH3 is 1. The van der Waals surface area contributed by atoms with Gasteiger partial charge in [0.15, 0.2) is 0 Å². The van der Waals surface area contributed by atoms with Crippen LogP contribution in [0.1, 0.15) is 23.2 Å². The Morgan fingerprint density at radius 2 is 2.44 bits per heavy atom. The highest BCUT2D eigenvalue weighted by Gasteiger charge is 2.17. The molecule has 18 heavy (non-hydrogen) atoms. The third-order valence-electron chi connectivity index (χ3n) is 2.93. The molecule has 98 valence electrons. The first-order chi connectivity index (χ1) is 8.70.